The first-order valence-corrected chi connectivity index (χ1v) is 9.10. The molecule has 0 atom stereocenters. The minimum absolute atomic E-state index is 0.0328. The Balaban J connectivity index is 2.32. The van der Waals surface area contributed by atoms with Crippen molar-refractivity contribution in [2.24, 2.45) is 0 Å². The van der Waals surface area contributed by atoms with Gasteiger partial charge in [0.1, 0.15) is 0 Å². The molecule has 0 saturated heterocycles. The second-order valence-electron chi connectivity index (χ2n) is 5.30. The molecule has 0 unspecified atom stereocenters. The number of rotatable bonds is 4. The van der Waals surface area contributed by atoms with E-state index in [1.807, 2.05) is 0 Å². The van der Waals surface area contributed by atoms with Crippen LogP contribution < -0.4 is 15.1 Å². The van der Waals surface area contributed by atoms with Crippen molar-refractivity contribution >= 4 is 20.7 Å². The summed E-state index contributed by atoms with van der Waals surface area (Å²) in [5.74, 6) is 0.689. The van der Waals surface area contributed by atoms with Gasteiger partial charge in [0.2, 0.25) is 5.89 Å². The van der Waals surface area contributed by atoms with Crippen LogP contribution in [0.15, 0.2) is 50.5 Å². The van der Waals surface area contributed by atoms with Crippen molar-refractivity contribution in [3.05, 3.63) is 46.8 Å². The van der Waals surface area contributed by atoms with Gasteiger partial charge in [-0.3, -0.25) is 0 Å². The molecule has 7 nitrogen and oxygen atoms in total. The Labute approximate surface area is 143 Å². The molecule has 130 valence electrons. The van der Waals surface area contributed by atoms with E-state index in [9.17, 15) is 13.2 Å². The average molecular weight is 361 g/mol. The summed E-state index contributed by atoms with van der Waals surface area (Å²) in [5, 5.41) is 0.207. The number of hydrogen-bond acceptors (Lipinski definition) is 7. The Morgan fingerprint density at radius 1 is 1.04 bits per heavy atom. The molecular weight excluding hydrogens is 346 g/mol. The summed E-state index contributed by atoms with van der Waals surface area (Å²) in [5.41, 5.74) is -0.116. The van der Waals surface area contributed by atoms with E-state index in [1.165, 1.54) is 38.5 Å². The molecular formula is C17H15NO6S. The zero-order valence-corrected chi connectivity index (χ0v) is 14.6. The van der Waals surface area contributed by atoms with Gasteiger partial charge in [0.25, 0.3) is 0 Å². The van der Waals surface area contributed by atoms with Crippen LogP contribution in [0.4, 0.5) is 0 Å². The summed E-state index contributed by atoms with van der Waals surface area (Å²) >= 11 is 0. The molecule has 25 heavy (non-hydrogen) atoms. The Hall–Kier alpha value is -2.87. The summed E-state index contributed by atoms with van der Waals surface area (Å²) in [7, 11) is -0.597. The Bertz CT molecular complexity index is 1120. The van der Waals surface area contributed by atoms with Gasteiger partial charge in [-0.15, -0.1) is 0 Å². The van der Waals surface area contributed by atoms with Gasteiger partial charge in [-0.1, -0.05) is 12.1 Å². The number of fused-ring (bicyclic) bond motifs is 1. The van der Waals surface area contributed by atoms with E-state index >= 15 is 0 Å². The number of ether oxygens (including phenoxy) is 2. The standard InChI is InChI=1S/C17H15NO6S/c1-22-13-8-11-12(9-14(13)23-2)18-16(24-17(11)19)10-6-4-5-7-15(10)25(3,20)21/h4-9H,1-3H3. The van der Waals surface area contributed by atoms with Crippen LogP contribution in [0, 0.1) is 0 Å². The highest BCUT2D eigenvalue weighted by Gasteiger charge is 2.19. The molecule has 0 spiro atoms. The topological polar surface area (TPSA) is 95.7 Å². The molecule has 0 amide bonds. The molecule has 0 radical (unpaired) electrons. The fraction of sp³-hybridized carbons (Fsp3) is 0.176. The van der Waals surface area contributed by atoms with Gasteiger partial charge in [-0.2, -0.15) is 0 Å². The summed E-state index contributed by atoms with van der Waals surface area (Å²) in [6.07, 6.45) is 1.08. The predicted octanol–water partition coefficient (Wildman–Crippen LogP) is 2.28. The van der Waals surface area contributed by atoms with Crippen molar-refractivity contribution in [3.63, 3.8) is 0 Å². The van der Waals surface area contributed by atoms with E-state index in [2.05, 4.69) is 4.98 Å². The average Bonchev–Trinajstić information content (AvgIpc) is 2.59. The summed E-state index contributed by atoms with van der Waals surface area (Å²) in [6, 6.07) is 9.22. The van der Waals surface area contributed by atoms with Gasteiger partial charge in [0.15, 0.2) is 21.3 Å². The molecule has 1 heterocycles. The van der Waals surface area contributed by atoms with Gasteiger partial charge in [-0.05, 0) is 12.1 Å². The summed E-state index contributed by atoms with van der Waals surface area (Å²) in [6.45, 7) is 0. The first-order valence-electron chi connectivity index (χ1n) is 7.21. The lowest BCUT2D eigenvalue weighted by Gasteiger charge is -2.10. The molecule has 2 aromatic carbocycles. The molecule has 0 aliphatic carbocycles. The SMILES string of the molecule is COc1cc2nc(-c3ccccc3S(C)(=O)=O)oc(=O)c2cc1OC. The lowest BCUT2D eigenvalue weighted by atomic mass is 10.2. The lowest BCUT2D eigenvalue weighted by molar-refractivity contribution is 0.355. The van der Waals surface area contributed by atoms with Crippen molar-refractivity contribution in [3.8, 4) is 23.0 Å². The number of hydrogen-bond donors (Lipinski definition) is 0. The summed E-state index contributed by atoms with van der Waals surface area (Å²) in [4.78, 5) is 16.7. The third-order valence-electron chi connectivity index (χ3n) is 3.65. The number of sulfone groups is 1. The van der Waals surface area contributed by atoms with Crippen LogP contribution in [0.1, 0.15) is 0 Å². The Morgan fingerprint density at radius 2 is 1.68 bits per heavy atom. The monoisotopic (exact) mass is 361 g/mol. The van der Waals surface area contributed by atoms with Crippen LogP contribution in [0.25, 0.3) is 22.4 Å². The highest BCUT2D eigenvalue weighted by atomic mass is 32.2. The lowest BCUT2D eigenvalue weighted by Crippen LogP contribution is -2.06. The van der Waals surface area contributed by atoms with Gasteiger partial charge in [-0.25, -0.2) is 18.2 Å². The van der Waals surface area contributed by atoms with Crippen molar-refractivity contribution < 1.29 is 22.3 Å². The molecule has 0 aliphatic rings. The first kappa shape index (κ1) is 17.0. The quantitative estimate of drug-likeness (QED) is 0.703. The molecule has 0 aliphatic heterocycles. The predicted molar refractivity (Wildman–Crippen MR) is 91.9 cm³/mol. The maximum atomic E-state index is 12.3. The van der Waals surface area contributed by atoms with Crippen LogP contribution in [-0.4, -0.2) is 33.9 Å². The summed E-state index contributed by atoms with van der Waals surface area (Å²) < 4.78 is 39.6. The van der Waals surface area contributed by atoms with Gasteiger partial charge in [0, 0.05) is 18.4 Å². The minimum atomic E-state index is -3.52. The fourth-order valence-corrected chi connectivity index (χ4v) is 3.36. The van der Waals surface area contributed by atoms with Crippen LogP contribution in [0.5, 0.6) is 11.5 Å². The highest BCUT2D eigenvalue weighted by Crippen LogP contribution is 2.32. The number of aromatic nitrogens is 1. The van der Waals surface area contributed by atoms with E-state index in [-0.39, 0.29) is 21.7 Å². The van der Waals surface area contributed by atoms with E-state index in [4.69, 9.17) is 13.9 Å². The number of benzene rings is 2. The first-order chi connectivity index (χ1) is 11.8. The van der Waals surface area contributed by atoms with E-state index < -0.39 is 15.5 Å². The largest absolute Gasteiger partial charge is 0.493 e. The highest BCUT2D eigenvalue weighted by molar-refractivity contribution is 7.90. The normalized spacial score (nSPS) is 11.5. The molecule has 3 rings (SSSR count). The molecule has 0 saturated carbocycles. The van der Waals surface area contributed by atoms with Gasteiger partial charge >= 0.3 is 5.63 Å². The minimum Gasteiger partial charge on any atom is -0.493 e. The molecule has 8 heteroatoms. The molecule has 1 aromatic heterocycles. The second kappa shape index (κ2) is 6.21. The van der Waals surface area contributed by atoms with Crippen LogP contribution >= 0.6 is 0 Å². The van der Waals surface area contributed by atoms with Crippen molar-refractivity contribution in [2.45, 2.75) is 4.90 Å². The number of methoxy groups -OCH3 is 2. The fourth-order valence-electron chi connectivity index (χ4n) is 2.48. The third-order valence-corrected chi connectivity index (χ3v) is 4.81. The Kier molecular flexibility index (Phi) is 4.22. The second-order valence-corrected chi connectivity index (χ2v) is 7.28. The van der Waals surface area contributed by atoms with E-state index in [0.29, 0.717) is 17.0 Å². The number of nitrogens with zero attached hydrogens (tertiary/aromatic N) is 1. The molecule has 0 fully saturated rings. The van der Waals surface area contributed by atoms with Crippen molar-refractivity contribution in [1.82, 2.24) is 4.98 Å². The van der Waals surface area contributed by atoms with Gasteiger partial charge < -0.3 is 13.9 Å². The molecule has 0 N–H and O–H groups in total. The maximum Gasteiger partial charge on any atom is 0.347 e. The maximum absolute atomic E-state index is 12.3. The van der Waals surface area contributed by atoms with Crippen molar-refractivity contribution in [1.29, 1.82) is 0 Å². The van der Waals surface area contributed by atoms with Gasteiger partial charge in [0.05, 0.1) is 35.6 Å². The Morgan fingerprint density at radius 3 is 2.32 bits per heavy atom. The van der Waals surface area contributed by atoms with Crippen LogP contribution in [0.3, 0.4) is 0 Å². The van der Waals surface area contributed by atoms with Crippen LogP contribution in [-0.2, 0) is 9.84 Å². The van der Waals surface area contributed by atoms with Crippen molar-refractivity contribution in [2.75, 3.05) is 20.5 Å². The molecule has 3 aromatic rings. The van der Waals surface area contributed by atoms with E-state index in [1.54, 1.807) is 12.1 Å². The van der Waals surface area contributed by atoms with Crippen LogP contribution in [0.2, 0.25) is 0 Å². The third kappa shape index (κ3) is 3.08. The van der Waals surface area contributed by atoms with E-state index in [0.717, 1.165) is 6.26 Å². The zero-order valence-electron chi connectivity index (χ0n) is 13.8. The molecule has 0 bridgehead atoms. The smallest absolute Gasteiger partial charge is 0.347 e. The zero-order chi connectivity index (χ0) is 18.2.